The highest BCUT2D eigenvalue weighted by molar-refractivity contribution is 7.08. The van der Waals surface area contributed by atoms with E-state index in [1.165, 1.54) is 0 Å². The van der Waals surface area contributed by atoms with Crippen LogP contribution in [0.1, 0.15) is 23.0 Å². The van der Waals surface area contributed by atoms with Gasteiger partial charge in [-0.15, -0.1) is 5.10 Å². The van der Waals surface area contributed by atoms with Crippen LogP contribution in [-0.2, 0) is 0 Å². The number of benzene rings is 1. The molecule has 0 aliphatic heterocycles. The van der Waals surface area contributed by atoms with Gasteiger partial charge in [-0.05, 0) is 42.2 Å². The van der Waals surface area contributed by atoms with Crippen molar-refractivity contribution in [1.82, 2.24) is 14.9 Å². The lowest BCUT2D eigenvalue weighted by Crippen LogP contribution is -2.23. The van der Waals surface area contributed by atoms with E-state index in [0.717, 1.165) is 29.3 Å². The first-order chi connectivity index (χ1) is 9.26. The molecule has 19 heavy (non-hydrogen) atoms. The Morgan fingerprint density at radius 3 is 2.74 bits per heavy atom. The van der Waals surface area contributed by atoms with Crippen LogP contribution < -0.4 is 10.1 Å². The van der Waals surface area contributed by atoms with E-state index in [4.69, 9.17) is 4.74 Å². The number of hydrogen-bond donors (Lipinski definition) is 1. The van der Waals surface area contributed by atoms with Gasteiger partial charge in [0.05, 0.1) is 7.11 Å². The molecule has 2 rings (SSSR count). The topological polar surface area (TPSA) is 64.1 Å². The SMILES string of the molecule is CCCNC(=O)c1snnc1-c1ccc(OC)cc1. The molecule has 0 atom stereocenters. The Kier molecular flexibility index (Phi) is 4.46. The van der Waals surface area contributed by atoms with Crippen LogP contribution in [0.2, 0.25) is 0 Å². The largest absolute Gasteiger partial charge is 0.497 e. The molecule has 6 heteroatoms. The third kappa shape index (κ3) is 3.08. The van der Waals surface area contributed by atoms with Crippen LogP contribution in [0, 0.1) is 0 Å². The van der Waals surface area contributed by atoms with E-state index in [1.807, 2.05) is 31.2 Å². The first kappa shape index (κ1) is 13.5. The van der Waals surface area contributed by atoms with E-state index in [1.54, 1.807) is 7.11 Å². The van der Waals surface area contributed by atoms with Crippen LogP contribution in [0.25, 0.3) is 11.3 Å². The Labute approximate surface area is 115 Å². The van der Waals surface area contributed by atoms with Crippen molar-refractivity contribution in [3.63, 3.8) is 0 Å². The van der Waals surface area contributed by atoms with Gasteiger partial charge in [-0.25, -0.2) is 0 Å². The molecule has 0 saturated carbocycles. The number of rotatable bonds is 5. The number of hydrogen-bond acceptors (Lipinski definition) is 5. The molecule has 0 spiro atoms. The van der Waals surface area contributed by atoms with E-state index in [2.05, 4.69) is 14.9 Å². The number of carbonyl (C=O) groups is 1. The van der Waals surface area contributed by atoms with Crippen molar-refractivity contribution in [3.8, 4) is 17.0 Å². The van der Waals surface area contributed by atoms with Crippen LogP contribution in [0.5, 0.6) is 5.75 Å². The minimum Gasteiger partial charge on any atom is -0.497 e. The third-order valence-corrected chi connectivity index (χ3v) is 3.32. The summed E-state index contributed by atoms with van der Waals surface area (Å²) in [6.45, 7) is 2.66. The molecule has 0 saturated heterocycles. The monoisotopic (exact) mass is 277 g/mol. The number of nitrogens with one attached hydrogen (secondary N) is 1. The van der Waals surface area contributed by atoms with Crippen molar-refractivity contribution in [3.05, 3.63) is 29.1 Å². The highest BCUT2D eigenvalue weighted by Gasteiger charge is 2.17. The van der Waals surface area contributed by atoms with Crippen molar-refractivity contribution < 1.29 is 9.53 Å². The molecule has 1 aromatic carbocycles. The molecule has 2 aromatic rings. The second-order valence-electron chi connectivity index (χ2n) is 3.94. The molecule has 0 fully saturated rings. The summed E-state index contributed by atoms with van der Waals surface area (Å²) < 4.78 is 8.97. The van der Waals surface area contributed by atoms with Gasteiger partial charge in [-0.1, -0.05) is 11.4 Å². The number of methoxy groups -OCH3 is 1. The van der Waals surface area contributed by atoms with Gasteiger partial charge in [0.15, 0.2) is 0 Å². The highest BCUT2D eigenvalue weighted by atomic mass is 32.1. The molecule has 0 aliphatic rings. The van der Waals surface area contributed by atoms with Gasteiger partial charge in [-0.2, -0.15) is 0 Å². The van der Waals surface area contributed by atoms with Gasteiger partial charge in [0.1, 0.15) is 16.3 Å². The summed E-state index contributed by atoms with van der Waals surface area (Å²) in [7, 11) is 1.61. The Morgan fingerprint density at radius 2 is 2.11 bits per heavy atom. The van der Waals surface area contributed by atoms with Crippen LogP contribution in [-0.4, -0.2) is 29.1 Å². The van der Waals surface area contributed by atoms with Gasteiger partial charge >= 0.3 is 0 Å². The second kappa shape index (κ2) is 6.29. The zero-order valence-electron chi connectivity index (χ0n) is 10.8. The zero-order chi connectivity index (χ0) is 13.7. The number of carbonyl (C=O) groups excluding carboxylic acids is 1. The summed E-state index contributed by atoms with van der Waals surface area (Å²) in [4.78, 5) is 12.5. The Morgan fingerprint density at radius 1 is 1.37 bits per heavy atom. The molecule has 1 amide bonds. The summed E-state index contributed by atoms with van der Waals surface area (Å²) in [5.41, 5.74) is 1.47. The minimum atomic E-state index is -0.123. The molecule has 1 heterocycles. The maximum absolute atomic E-state index is 12.0. The van der Waals surface area contributed by atoms with Crippen LogP contribution >= 0.6 is 11.5 Å². The Hall–Kier alpha value is -1.95. The summed E-state index contributed by atoms with van der Waals surface area (Å²) >= 11 is 1.11. The van der Waals surface area contributed by atoms with E-state index in [0.29, 0.717) is 17.1 Å². The predicted molar refractivity (Wildman–Crippen MR) is 74.5 cm³/mol. The Balaban J connectivity index is 2.25. The number of nitrogens with zero attached hydrogens (tertiary/aromatic N) is 2. The molecule has 1 N–H and O–H groups in total. The lowest BCUT2D eigenvalue weighted by Gasteiger charge is -2.04. The minimum absolute atomic E-state index is 0.123. The first-order valence-electron chi connectivity index (χ1n) is 6.01. The van der Waals surface area contributed by atoms with Gasteiger partial charge in [0.2, 0.25) is 0 Å². The summed E-state index contributed by atoms with van der Waals surface area (Å²) in [6.07, 6.45) is 0.899. The van der Waals surface area contributed by atoms with Crippen molar-refractivity contribution in [2.75, 3.05) is 13.7 Å². The molecule has 0 radical (unpaired) electrons. The summed E-state index contributed by atoms with van der Waals surface area (Å²) in [6, 6.07) is 7.41. The normalized spacial score (nSPS) is 10.2. The molecule has 100 valence electrons. The van der Waals surface area contributed by atoms with Gasteiger partial charge in [0.25, 0.3) is 5.91 Å². The van der Waals surface area contributed by atoms with Crippen LogP contribution in [0.15, 0.2) is 24.3 Å². The fourth-order valence-corrected chi connectivity index (χ4v) is 2.20. The predicted octanol–water partition coefficient (Wildman–Crippen LogP) is 2.35. The smallest absolute Gasteiger partial charge is 0.265 e. The standard InChI is InChI=1S/C13H15N3O2S/c1-3-8-14-13(17)12-11(15-16-19-12)9-4-6-10(18-2)7-5-9/h4-7H,3,8H2,1-2H3,(H,14,17). The zero-order valence-corrected chi connectivity index (χ0v) is 11.7. The van der Waals surface area contributed by atoms with Crippen LogP contribution in [0.4, 0.5) is 0 Å². The maximum atomic E-state index is 12.0. The fourth-order valence-electron chi connectivity index (χ4n) is 1.60. The van der Waals surface area contributed by atoms with Gasteiger partial charge in [-0.3, -0.25) is 4.79 Å². The van der Waals surface area contributed by atoms with Crippen molar-refractivity contribution in [2.45, 2.75) is 13.3 Å². The molecular formula is C13H15N3O2S. The molecule has 1 aromatic heterocycles. The molecular weight excluding hydrogens is 262 g/mol. The van der Waals surface area contributed by atoms with E-state index in [-0.39, 0.29) is 5.91 Å². The van der Waals surface area contributed by atoms with Gasteiger partial charge in [0, 0.05) is 12.1 Å². The quantitative estimate of drug-likeness (QED) is 0.911. The van der Waals surface area contributed by atoms with Crippen molar-refractivity contribution in [2.24, 2.45) is 0 Å². The molecule has 5 nitrogen and oxygen atoms in total. The average Bonchev–Trinajstić information content (AvgIpc) is 2.94. The fraction of sp³-hybridized carbons (Fsp3) is 0.308. The maximum Gasteiger partial charge on any atom is 0.265 e. The summed E-state index contributed by atoms with van der Waals surface area (Å²) in [5, 5.41) is 6.87. The third-order valence-electron chi connectivity index (χ3n) is 2.59. The summed E-state index contributed by atoms with van der Waals surface area (Å²) in [5.74, 6) is 0.645. The van der Waals surface area contributed by atoms with E-state index >= 15 is 0 Å². The number of aromatic nitrogens is 2. The van der Waals surface area contributed by atoms with E-state index < -0.39 is 0 Å². The second-order valence-corrected chi connectivity index (χ2v) is 4.69. The lowest BCUT2D eigenvalue weighted by atomic mass is 10.1. The van der Waals surface area contributed by atoms with Gasteiger partial charge < -0.3 is 10.1 Å². The number of amides is 1. The average molecular weight is 277 g/mol. The first-order valence-corrected chi connectivity index (χ1v) is 6.78. The number of ether oxygens (including phenoxy) is 1. The van der Waals surface area contributed by atoms with Crippen LogP contribution in [0.3, 0.4) is 0 Å². The molecule has 0 aliphatic carbocycles. The molecule has 0 unspecified atom stereocenters. The van der Waals surface area contributed by atoms with E-state index in [9.17, 15) is 4.79 Å². The molecule has 0 bridgehead atoms. The van der Waals surface area contributed by atoms with Crippen molar-refractivity contribution in [1.29, 1.82) is 0 Å². The Bertz CT molecular complexity index is 551. The van der Waals surface area contributed by atoms with Crippen molar-refractivity contribution >= 4 is 17.4 Å². The highest BCUT2D eigenvalue weighted by Crippen LogP contribution is 2.25. The lowest BCUT2D eigenvalue weighted by molar-refractivity contribution is 0.0958.